The van der Waals surface area contributed by atoms with Crippen molar-refractivity contribution in [3.63, 3.8) is 0 Å². The van der Waals surface area contributed by atoms with Gasteiger partial charge in [-0.3, -0.25) is 4.79 Å². The molecule has 0 radical (unpaired) electrons. The molecule has 0 amide bonds. The topological polar surface area (TPSA) is 41.6 Å². The van der Waals surface area contributed by atoms with Crippen LogP contribution >= 0.6 is 0 Å². The molecule has 4 nitrogen and oxygen atoms in total. The first-order chi connectivity index (χ1) is 9.21. The molecule has 4 heteroatoms. The SMILES string of the molecule is CCCCN(CC)CCC(NC1CC1)C(=O)OCC. The Morgan fingerprint density at radius 1 is 1.32 bits per heavy atom. The number of rotatable bonds is 11. The first-order valence-electron chi connectivity index (χ1n) is 7.86. The normalized spacial score (nSPS) is 16.6. The highest BCUT2D eigenvalue weighted by Crippen LogP contribution is 2.20. The van der Waals surface area contributed by atoms with Gasteiger partial charge in [0.25, 0.3) is 0 Å². The summed E-state index contributed by atoms with van der Waals surface area (Å²) in [6.45, 7) is 9.89. The van der Waals surface area contributed by atoms with Crippen LogP contribution in [0.5, 0.6) is 0 Å². The van der Waals surface area contributed by atoms with E-state index in [0.29, 0.717) is 12.6 Å². The van der Waals surface area contributed by atoms with Crippen LogP contribution < -0.4 is 5.32 Å². The van der Waals surface area contributed by atoms with E-state index >= 15 is 0 Å². The van der Waals surface area contributed by atoms with Crippen LogP contribution in [0.15, 0.2) is 0 Å². The fraction of sp³-hybridized carbons (Fsp3) is 0.933. The lowest BCUT2D eigenvalue weighted by Gasteiger charge is -2.23. The van der Waals surface area contributed by atoms with Gasteiger partial charge in [0, 0.05) is 12.6 Å². The molecule has 1 rings (SSSR count). The van der Waals surface area contributed by atoms with Crippen molar-refractivity contribution in [1.82, 2.24) is 10.2 Å². The molecule has 0 aromatic rings. The largest absolute Gasteiger partial charge is 0.465 e. The Bertz CT molecular complexity index is 255. The molecule has 1 saturated carbocycles. The minimum absolute atomic E-state index is 0.0825. The third-order valence-electron chi connectivity index (χ3n) is 3.59. The predicted molar refractivity (Wildman–Crippen MR) is 78.2 cm³/mol. The lowest BCUT2D eigenvalue weighted by molar-refractivity contribution is -0.146. The van der Waals surface area contributed by atoms with Crippen molar-refractivity contribution < 1.29 is 9.53 Å². The molecule has 0 aromatic carbocycles. The molecule has 1 fully saturated rings. The molecule has 1 atom stereocenters. The van der Waals surface area contributed by atoms with Gasteiger partial charge >= 0.3 is 5.97 Å². The molecule has 1 unspecified atom stereocenters. The van der Waals surface area contributed by atoms with E-state index in [4.69, 9.17) is 4.74 Å². The van der Waals surface area contributed by atoms with Crippen LogP contribution in [0.25, 0.3) is 0 Å². The zero-order valence-electron chi connectivity index (χ0n) is 12.8. The van der Waals surface area contributed by atoms with E-state index in [9.17, 15) is 4.79 Å². The maximum atomic E-state index is 11.9. The second-order valence-electron chi connectivity index (χ2n) is 5.32. The number of nitrogens with one attached hydrogen (secondary N) is 1. The Labute approximate surface area is 117 Å². The van der Waals surface area contributed by atoms with Crippen molar-refractivity contribution in [2.75, 3.05) is 26.2 Å². The number of carbonyl (C=O) groups is 1. The first kappa shape index (κ1) is 16.4. The van der Waals surface area contributed by atoms with Gasteiger partial charge in [-0.25, -0.2) is 0 Å². The van der Waals surface area contributed by atoms with Crippen molar-refractivity contribution in [2.45, 2.75) is 65.0 Å². The van der Waals surface area contributed by atoms with Gasteiger partial charge in [0.1, 0.15) is 6.04 Å². The summed E-state index contributed by atoms with van der Waals surface area (Å²) in [5, 5.41) is 3.41. The number of hydrogen-bond acceptors (Lipinski definition) is 4. The van der Waals surface area contributed by atoms with Gasteiger partial charge in [0.15, 0.2) is 0 Å². The molecular formula is C15H30N2O2. The van der Waals surface area contributed by atoms with E-state index < -0.39 is 0 Å². The summed E-state index contributed by atoms with van der Waals surface area (Å²) in [7, 11) is 0. The second kappa shape index (κ2) is 9.32. The van der Waals surface area contributed by atoms with Gasteiger partial charge in [0.05, 0.1) is 6.61 Å². The van der Waals surface area contributed by atoms with Crippen molar-refractivity contribution >= 4 is 5.97 Å². The number of unbranched alkanes of at least 4 members (excludes halogenated alkanes) is 1. The summed E-state index contributed by atoms with van der Waals surface area (Å²) >= 11 is 0. The summed E-state index contributed by atoms with van der Waals surface area (Å²) in [4.78, 5) is 14.3. The lowest BCUT2D eigenvalue weighted by atomic mass is 10.2. The Hall–Kier alpha value is -0.610. The highest BCUT2D eigenvalue weighted by Gasteiger charge is 2.29. The van der Waals surface area contributed by atoms with Crippen LogP contribution in [-0.4, -0.2) is 49.2 Å². The van der Waals surface area contributed by atoms with Gasteiger partial charge < -0.3 is 15.0 Å². The molecule has 0 aromatic heterocycles. The van der Waals surface area contributed by atoms with Crippen LogP contribution in [0.4, 0.5) is 0 Å². The van der Waals surface area contributed by atoms with Crippen LogP contribution in [-0.2, 0) is 9.53 Å². The third kappa shape index (κ3) is 6.92. The Morgan fingerprint density at radius 2 is 2.05 bits per heavy atom. The van der Waals surface area contributed by atoms with Crippen molar-refractivity contribution in [3.8, 4) is 0 Å². The van der Waals surface area contributed by atoms with E-state index in [2.05, 4.69) is 24.1 Å². The maximum absolute atomic E-state index is 11.9. The molecule has 0 saturated heterocycles. The zero-order valence-corrected chi connectivity index (χ0v) is 12.8. The van der Waals surface area contributed by atoms with E-state index in [1.54, 1.807) is 0 Å². The van der Waals surface area contributed by atoms with Gasteiger partial charge in [-0.05, 0) is 45.7 Å². The van der Waals surface area contributed by atoms with Crippen LogP contribution in [0.2, 0.25) is 0 Å². The smallest absolute Gasteiger partial charge is 0.323 e. The number of ether oxygens (including phenoxy) is 1. The van der Waals surface area contributed by atoms with E-state index in [1.807, 2.05) is 6.92 Å². The molecule has 0 aliphatic heterocycles. The number of hydrogen-bond donors (Lipinski definition) is 1. The van der Waals surface area contributed by atoms with E-state index in [-0.39, 0.29) is 12.0 Å². The van der Waals surface area contributed by atoms with Crippen LogP contribution in [0.3, 0.4) is 0 Å². The summed E-state index contributed by atoms with van der Waals surface area (Å²) in [6.07, 6.45) is 5.70. The molecule has 19 heavy (non-hydrogen) atoms. The molecule has 1 aliphatic rings. The van der Waals surface area contributed by atoms with Crippen molar-refractivity contribution in [2.24, 2.45) is 0 Å². The van der Waals surface area contributed by atoms with Gasteiger partial charge in [-0.2, -0.15) is 0 Å². The summed E-state index contributed by atoms with van der Waals surface area (Å²) in [5.41, 5.74) is 0. The standard InChI is InChI=1S/C15H30N2O2/c1-4-7-11-17(5-2)12-10-14(15(18)19-6-3)16-13-8-9-13/h13-14,16H,4-12H2,1-3H3. The summed E-state index contributed by atoms with van der Waals surface area (Å²) in [6, 6.07) is 0.420. The average Bonchev–Trinajstić information content (AvgIpc) is 3.21. The molecule has 1 N–H and O–H groups in total. The number of carbonyl (C=O) groups excluding carboxylic acids is 1. The summed E-state index contributed by atoms with van der Waals surface area (Å²) < 4.78 is 5.16. The molecule has 0 spiro atoms. The van der Waals surface area contributed by atoms with Gasteiger partial charge in [-0.1, -0.05) is 20.3 Å². The molecule has 0 bridgehead atoms. The molecular weight excluding hydrogens is 240 g/mol. The van der Waals surface area contributed by atoms with Crippen LogP contribution in [0, 0.1) is 0 Å². The molecule has 1 aliphatic carbocycles. The quantitative estimate of drug-likeness (QED) is 0.584. The maximum Gasteiger partial charge on any atom is 0.323 e. The van der Waals surface area contributed by atoms with Gasteiger partial charge in [0.2, 0.25) is 0 Å². The molecule has 0 heterocycles. The van der Waals surface area contributed by atoms with E-state index in [0.717, 1.165) is 26.1 Å². The van der Waals surface area contributed by atoms with Crippen molar-refractivity contribution in [1.29, 1.82) is 0 Å². The average molecular weight is 270 g/mol. The third-order valence-corrected chi connectivity index (χ3v) is 3.59. The highest BCUT2D eigenvalue weighted by atomic mass is 16.5. The summed E-state index contributed by atoms with van der Waals surface area (Å²) in [5.74, 6) is -0.0825. The lowest BCUT2D eigenvalue weighted by Crippen LogP contribution is -2.42. The molecule has 112 valence electrons. The first-order valence-corrected chi connectivity index (χ1v) is 7.86. The Morgan fingerprint density at radius 3 is 2.58 bits per heavy atom. The predicted octanol–water partition coefficient (Wildman–Crippen LogP) is 2.18. The Balaban J connectivity index is 2.34. The monoisotopic (exact) mass is 270 g/mol. The fourth-order valence-corrected chi connectivity index (χ4v) is 2.17. The second-order valence-corrected chi connectivity index (χ2v) is 5.32. The highest BCUT2D eigenvalue weighted by molar-refractivity contribution is 5.75. The fourth-order valence-electron chi connectivity index (χ4n) is 2.17. The zero-order chi connectivity index (χ0) is 14.1. The number of nitrogens with zero attached hydrogens (tertiary/aromatic N) is 1. The van der Waals surface area contributed by atoms with E-state index in [1.165, 1.54) is 25.7 Å². The number of esters is 1. The minimum Gasteiger partial charge on any atom is -0.465 e. The Kier molecular flexibility index (Phi) is 8.07. The van der Waals surface area contributed by atoms with Crippen LogP contribution in [0.1, 0.15) is 52.9 Å². The van der Waals surface area contributed by atoms with Gasteiger partial charge in [-0.15, -0.1) is 0 Å². The van der Waals surface area contributed by atoms with Crippen molar-refractivity contribution in [3.05, 3.63) is 0 Å². The minimum atomic E-state index is -0.122.